The zero-order chi connectivity index (χ0) is 13.3. The lowest BCUT2D eigenvalue weighted by molar-refractivity contribution is 0.0572. The topological polar surface area (TPSA) is 70.0 Å². The van der Waals surface area contributed by atoms with Gasteiger partial charge in [-0.3, -0.25) is 4.79 Å². The van der Waals surface area contributed by atoms with Crippen molar-refractivity contribution in [1.82, 2.24) is 4.90 Å². The molecule has 18 heavy (non-hydrogen) atoms. The van der Waals surface area contributed by atoms with Crippen LogP contribution < -0.4 is 4.74 Å². The summed E-state index contributed by atoms with van der Waals surface area (Å²) >= 11 is 0. The van der Waals surface area contributed by atoms with Crippen molar-refractivity contribution in [3.8, 4) is 5.75 Å². The van der Waals surface area contributed by atoms with Gasteiger partial charge in [0.15, 0.2) is 11.6 Å². The number of aliphatic hydroxyl groups excluding tert-OH is 2. The summed E-state index contributed by atoms with van der Waals surface area (Å²) < 4.78 is 18.2. The molecule has 0 aromatic heterocycles. The summed E-state index contributed by atoms with van der Waals surface area (Å²) in [7, 11) is 1.34. The first-order valence-corrected chi connectivity index (χ1v) is 5.52. The highest BCUT2D eigenvalue weighted by atomic mass is 19.1. The SMILES string of the molecule is COc1ccc(C(=O)N2C[C@@H](O)[C@@H](O)C2)cc1F. The monoisotopic (exact) mass is 255 g/mol. The molecule has 1 aromatic rings. The third-order valence-corrected chi connectivity index (χ3v) is 2.95. The van der Waals surface area contributed by atoms with Crippen molar-refractivity contribution in [2.75, 3.05) is 20.2 Å². The smallest absolute Gasteiger partial charge is 0.254 e. The number of benzene rings is 1. The van der Waals surface area contributed by atoms with Crippen molar-refractivity contribution in [1.29, 1.82) is 0 Å². The number of carbonyl (C=O) groups excluding carboxylic acids is 1. The van der Waals surface area contributed by atoms with Gasteiger partial charge in [0.1, 0.15) is 0 Å². The molecule has 1 amide bonds. The van der Waals surface area contributed by atoms with E-state index in [0.717, 1.165) is 6.07 Å². The molecule has 2 atom stereocenters. The lowest BCUT2D eigenvalue weighted by Crippen LogP contribution is -2.29. The van der Waals surface area contributed by atoms with Gasteiger partial charge in [0.25, 0.3) is 5.91 Å². The highest BCUT2D eigenvalue weighted by Crippen LogP contribution is 2.20. The van der Waals surface area contributed by atoms with Crippen LogP contribution in [0.15, 0.2) is 18.2 Å². The predicted octanol–water partition coefficient (Wildman–Crippen LogP) is 0.0119. The van der Waals surface area contributed by atoms with Crippen molar-refractivity contribution < 1.29 is 24.1 Å². The highest BCUT2D eigenvalue weighted by molar-refractivity contribution is 5.94. The minimum absolute atomic E-state index is 0.0493. The largest absolute Gasteiger partial charge is 0.494 e. The molecule has 0 spiro atoms. The number of likely N-dealkylation sites (tertiary alicyclic amines) is 1. The van der Waals surface area contributed by atoms with E-state index in [9.17, 15) is 19.4 Å². The van der Waals surface area contributed by atoms with E-state index in [4.69, 9.17) is 4.74 Å². The fourth-order valence-electron chi connectivity index (χ4n) is 1.92. The number of nitrogens with zero attached hydrogens (tertiary/aromatic N) is 1. The van der Waals surface area contributed by atoms with Crippen LogP contribution in [0.2, 0.25) is 0 Å². The lowest BCUT2D eigenvalue weighted by Gasteiger charge is -2.15. The average molecular weight is 255 g/mol. The van der Waals surface area contributed by atoms with E-state index >= 15 is 0 Å². The maximum atomic E-state index is 13.5. The maximum absolute atomic E-state index is 13.5. The molecule has 2 N–H and O–H groups in total. The first-order chi connectivity index (χ1) is 8.52. The summed E-state index contributed by atoms with van der Waals surface area (Å²) in [6.45, 7) is 0.0985. The van der Waals surface area contributed by atoms with Crippen LogP contribution in [0.25, 0.3) is 0 Å². The molecule has 0 aliphatic carbocycles. The van der Waals surface area contributed by atoms with Crippen LogP contribution in [0.4, 0.5) is 4.39 Å². The Labute approximate surface area is 103 Å². The molecule has 1 saturated heterocycles. The minimum Gasteiger partial charge on any atom is -0.494 e. The normalized spacial score (nSPS) is 23.2. The molecule has 0 bridgehead atoms. The summed E-state index contributed by atoms with van der Waals surface area (Å²) in [5, 5.41) is 18.7. The summed E-state index contributed by atoms with van der Waals surface area (Å²) in [5.74, 6) is -0.983. The summed E-state index contributed by atoms with van der Waals surface area (Å²) in [4.78, 5) is 13.3. The van der Waals surface area contributed by atoms with E-state index in [1.165, 1.54) is 24.1 Å². The number of carbonyl (C=O) groups is 1. The number of methoxy groups -OCH3 is 1. The van der Waals surface area contributed by atoms with Gasteiger partial charge >= 0.3 is 0 Å². The average Bonchev–Trinajstić information content (AvgIpc) is 2.68. The van der Waals surface area contributed by atoms with Crippen LogP contribution >= 0.6 is 0 Å². The van der Waals surface area contributed by atoms with Crippen molar-refractivity contribution in [3.05, 3.63) is 29.6 Å². The van der Waals surface area contributed by atoms with Gasteiger partial charge in [-0.1, -0.05) is 0 Å². The summed E-state index contributed by atoms with van der Waals surface area (Å²) in [6, 6.07) is 3.89. The second-order valence-corrected chi connectivity index (χ2v) is 4.19. The van der Waals surface area contributed by atoms with E-state index in [1.807, 2.05) is 0 Å². The summed E-state index contributed by atoms with van der Waals surface area (Å²) in [5.41, 5.74) is 0.162. The van der Waals surface area contributed by atoms with Crippen LogP contribution in [-0.2, 0) is 0 Å². The van der Waals surface area contributed by atoms with Gasteiger partial charge in [0, 0.05) is 18.7 Å². The molecule has 98 valence electrons. The molecule has 0 radical (unpaired) electrons. The molecule has 6 heteroatoms. The van der Waals surface area contributed by atoms with Gasteiger partial charge in [-0.2, -0.15) is 0 Å². The Morgan fingerprint density at radius 1 is 1.39 bits per heavy atom. The van der Waals surface area contributed by atoms with Crippen LogP contribution in [0.1, 0.15) is 10.4 Å². The van der Waals surface area contributed by atoms with Gasteiger partial charge in [-0.25, -0.2) is 4.39 Å². The Hall–Kier alpha value is -1.66. The van der Waals surface area contributed by atoms with Gasteiger partial charge in [-0.05, 0) is 18.2 Å². The Kier molecular flexibility index (Phi) is 3.49. The quantitative estimate of drug-likeness (QED) is 0.781. The van der Waals surface area contributed by atoms with Crippen molar-refractivity contribution >= 4 is 5.91 Å². The Balaban J connectivity index is 2.17. The number of halogens is 1. The second kappa shape index (κ2) is 4.91. The molecule has 0 unspecified atom stereocenters. The van der Waals surface area contributed by atoms with E-state index in [-0.39, 0.29) is 24.4 Å². The number of hydrogen-bond donors (Lipinski definition) is 2. The van der Waals surface area contributed by atoms with E-state index in [2.05, 4.69) is 0 Å². The van der Waals surface area contributed by atoms with Crippen molar-refractivity contribution in [3.63, 3.8) is 0 Å². The van der Waals surface area contributed by atoms with Crippen molar-refractivity contribution in [2.24, 2.45) is 0 Å². The van der Waals surface area contributed by atoms with Gasteiger partial charge < -0.3 is 19.8 Å². The number of amides is 1. The molecule has 1 heterocycles. The first kappa shape index (κ1) is 12.8. The molecule has 2 rings (SSSR count). The highest BCUT2D eigenvalue weighted by Gasteiger charge is 2.33. The molecule has 0 saturated carbocycles. The summed E-state index contributed by atoms with van der Waals surface area (Å²) in [6.07, 6.45) is -1.89. The van der Waals surface area contributed by atoms with Crippen LogP contribution in [-0.4, -0.2) is 53.4 Å². The third kappa shape index (κ3) is 2.30. The first-order valence-electron chi connectivity index (χ1n) is 5.52. The molecule has 5 nitrogen and oxygen atoms in total. The number of hydrogen-bond acceptors (Lipinski definition) is 4. The maximum Gasteiger partial charge on any atom is 0.254 e. The Bertz CT molecular complexity index is 455. The molecule has 1 aliphatic heterocycles. The fourth-order valence-corrected chi connectivity index (χ4v) is 1.92. The fraction of sp³-hybridized carbons (Fsp3) is 0.417. The second-order valence-electron chi connectivity index (χ2n) is 4.19. The molecule has 1 aromatic carbocycles. The number of ether oxygens (including phenoxy) is 1. The molecule has 1 fully saturated rings. The van der Waals surface area contributed by atoms with Gasteiger partial charge in [0.05, 0.1) is 19.3 Å². The van der Waals surface area contributed by atoms with Crippen molar-refractivity contribution in [2.45, 2.75) is 12.2 Å². The minimum atomic E-state index is -0.947. The lowest BCUT2D eigenvalue weighted by atomic mass is 10.2. The molecular weight excluding hydrogens is 241 g/mol. The van der Waals surface area contributed by atoms with E-state index < -0.39 is 23.9 Å². The standard InChI is InChI=1S/C12H14FNO4/c1-18-11-3-2-7(4-8(11)13)12(17)14-5-9(15)10(16)6-14/h2-4,9-10,15-16H,5-6H2,1H3/t9-,10+. The number of aliphatic hydroxyl groups is 2. The number of rotatable bonds is 2. The molecule has 1 aliphatic rings. The predicted molar refractivity (Wildman–Crippen MR) is 60.9 cm³/mol. The van der Waals surface area contributed by atoms with E-state index in [0.29, 0.717) is 0 Å². The Morgan fingerprint density at radius 2 is 2.00 bits per heavy atom. The zero-order valence-electron chi connectivity index (χ0n) is 9.84. The van der Waals surface area contributed by atoms with E-state index in [1.54, 1.807) is 0 Å². The van der Waals surface area contributed by atoms with Crippen LogP contribution in [0, 0.1) is 5.82 Å². The van der Waals surface area contributed by atoms with Gasteiger partial charge in [-0.15, -0.1) is 0 Å². The Morgan fingerprint density at radius 3 is 2.50 bits per heavy atom. The number of β-amino-alcohol motifs (C(OH)–C–C–N with tert-alkyl or cyclic N) is 2. The van der Waals surface area contributed by atoms with Gasteiger partial charge in [0.2, 0.25) is 0 Å². The zero-order valence-corrected chi connectivity index (χ0v) is 9.84. The molecular formula is C12H14FNO4. The third-order valence-electron chi connectivity index (χ3n) is 2.95. The van der Waals surface area contributed by atoms with Crippen LogP contribution in [0.5, 0.6) is 5.75 Å². The van der Waals surface area contributed by atoms with Crippen LogP contribution in [0.3, 0.4) is 0 Å².